The molecular weight excluding hydrogens is 388 g/mol. The molecule has 0 radical (unpaired) electrons. The maximum Gasteiger partial charge on any atom is 0.320 e. The van der Waals surface area contributed by atoms with Gasteiger partial charge in [0, 0.05) is 29.7 Å². The van der Waals surface area contributed by atoms with Gasteiger partial charge in [0.2, 0.25) is 0 Å². The third-order valence-electron chi connectivity index (χ3n) is 3.55. The summed E-state index contributed by atoms with van der Waals surface area (Å²) in [7, 11) is 0. The highest BCUT2D eigenvalue weighted by molar-refractivity contribution is 9.10. The number of carbonyl (C=O) groups is 1. The minimum absolute atomic E-state index is 0.0237. The van der Waals surface area contributed by atoms with E-state index in [0.717, 1.165) is 11.1 Å². The molecule has 2 aromatic rings. The fraction of sp³-hybridized carbons (Fsp3) is 0.278. The molecule has 2 rings (SSSR count). The number of non-ortho nitro benzene ring substituents is 1. The summed E-state index contributed by atoms with van der Waals surface area (Å²) in [6.07, 6.45) is 0. The number of nitro benzene ring substituents is 1. The number of ether oxygens (including phenoxy) is 1. The van der Waals surface area contributed by atoms with Gasteiger partial charge in [-0.1, -0.05) is 46.3 Å². The molecule has 0 aliphatic carbocycles. The van der Waals surface area contributed by atoms with Crippen molar-refractivity contribution in [1.29, 1.82) is 0 Å². The van der Waals surface area contributed by atoms with Crippen LogP contribution >= 0.6 is 15.9 Å². The third-order valence-corrected chi connectivity index (χ3v) is 4.29. The second-order valence-electron chi connectivity index (χ2n) is 5.47. The molecule has 0 saturated carbocycles. The lowest BCUT2D eigenvalue weighted by molar-refractivity contribution is -0.384. The monoisotopic (exact) mass is 406 g/mol. The van der Waals surface area contributed by atoms with Crippen molar-refractivity contribution < 1.29 is 14.5 Å². The summed E-state index contributed by atoms with van der Waals surface area (Å²) in [5.74, 6) is -0.295. The molecule has 0 unspecified atom stereocenters. The molecule has 0 aliphatic heterocycles. The van der Waals surface area contributed by atoms with Crippen molar-refractivity contribution in [2.45, 2.75) is 20.0 Å². The fourth-order valence-corrected chi connectivity index (χ4v) is 2.91. The number of hydrogen-bond donors (Lipinski definition) is 0. The summed E-state index contributed by atoms with van der Waals surface area (Å²) in [5, 5.41) is 10.9. The first-order chi connectivity index (χ1) is 12.0. The first-order valence-corrected chi connectivity index (χ1v) is 8.63. The quantitative estimate of drug-likeness (QED) is 0.377. The number of benzene rings is 2. The Morgan fingerprint density at radius 1 is 1.20 bits per heavy atom. The molecule has 0 bridgehead atoms. The molecule has 0 heterocycles. The van der Waals surface area contributed by atoms with Crippen LogP contribution in [0.2, 0.25) is 0 Å². The average Bonchev–Trinajstić information content (AvgIpc) is 2.57. The zero-order valence-electron chi connectivity index (χ0n) is 13.9. The molecule has 0 saturated heterocycles. The Morgan fingerprint density at radius 2 is 1.92 bits per heavy atom. The second-order valence-corrected chi connectivity index (χ2v) is 6.32. The van der Waals surface area contributed by atoms with Crippen LogP contribution in [0.3, 0.4) is 0 Å². The molecule has 7 heteroatoms. The summed E-state index contributed by atoms with van der Waals surface area (Å²) in [6.45, 7) is 3.28. The Morgan fingerprint density at radius 3 is 2.52 bits per heavy atom. The Kier molecular flexibility index (Phi) is 7.09. The third kappa shape index (κ3) is 5.95. The van der Waals surface area contributed by atoms with E-state index in [-0.39, 0.29) is 18.2 Å². The summed E-state index contributed by atoms with van der Waals surface area (Å²) in [4.78, 5) is 24.3. The average molecular weight is 407 g/mol. The molecule has 0 aromatic heterocycles. The minimum Gasteiger partial charge on any atom is -0.465 e. The molecule has 2 aromatic carbocycles. The van der Waals surface area contributed by atoms with Crippen LogP contribution in [0.1, 0.15) is 18.1 Å². The van der Waals surface area contributed by atoms with Gasteiger partial charge < -0.3 is 4.74 Å². The smallest absolute Gasteiger partial charge is 0.320 e. The largest absolute Gasteiger partial charge is 0.465 e. The van der Waals surface area contributed by atoms with Crippen molar-refractivity contribution in [3.8, 4) is 0 Å². The van der Waals surface area contributed by atoms with Gasteiger partial charge in [-0.3, -0.25) is 19.8 Å². The van der Waals surface area contributed by atoms with E-state index < -0.39 is 4.92 Å². The first-order valence-electron chi connectivity index (χ1n) is 7.84. The van der Waals surface area contributed by atoms with Crippen molar-refractivity contribution in [2.75, 3.05) is 13.2 Å². The van der Waals surface area contributed by atoms with Crippen molar-refractivity contribution in [1.82, 2.24) is 4.90 Å². The van der Waals surface area contributed by atoms with Gasteiger partial charge in [0.25, 0.3) is 5.69 Å². The van der Waals surface area contributed by atoms with E-state index >= 15 is 0 Å². The highest BCUT2D eigenvalue weighted by atomic mass is 79.9. The van der Waals surface area contributed by atoms with Gasteiger partial charge in [0.1, 0.15) is 0 Å². The number of nitrogens with zero attached hydrogens (tertiary/aromatic N) is 2. The summed E-state index contributed by atoms with van der Waals surface area (Å²) in [5.41, 5.74) is 1.96. The molecule has 6 nitrogen and oxygen atoms in total. The normalized spacial score (nSPS) is 10.7. The zero-order valence-corrected chi connectivity index (χ0v) is 15.4. The molecule has 0 fully saturated rings. The standard InChI is InChI=1S/C18H19BrN2O4/c1-2-25-18(22)13-20(11-14-6-4-3-5-7-14)12-15-8-9-16(21(23)24)10-17(15)19/h3-10H,2,11-13H2,1H3. The fourth-order valence-electron chi connectivity index (χ4n) is 2.42. The molecule has 0 aliphatic rings. The van der Waals surface area contributed by atoms with Crippen LogP contribution in [0.5, 0.6) is 0 Å². The van der Waals surface area contributed by atoms with Crippen LogP contribution in [0.4, 0.5) is 5.69 Å². The van der Waals surface area contributed by atoms with E-state index in [1.54, 1.807) is 13.0 Å². The number of nitro groups is 1. The number of carbonyl (C=O) groups excluding carboxylic acids is 1. The summed E-state index contributed by atoms with van der Waals surface area (Å²) >= 11 is 3.38. The second kappa shape index (κ2) is 9.29. The Hall–Kier alpha value is -2.25. The maximum atomic E-state index is 11.9. The van der Waals surface area contributed by atoms with Crippen molar-refractivity contribution in [3.63, 3.8) is 0 Å². The van der Waals surface area contributed by atoms with Gasteiger partial charge in [-0.2, -0.15) is 0 Å². The SMILES string of the molecule is CCOC(=O)CN(Cc1ccccc1)Cc1ccc([N+](=O)[O-])cc1Br. The highest BCUT2D eigenvalue weighted by Gasteiger charge is 2.16. The molecule has 0 amide bonds. The van der Waals surface area contributed by atoms with Crippen LogP contribution in [-0.4, -0.2) is 28.9 Å². The highest BCUT2D eigenvalue weighted by Crippen LogP contribution is 2.24. The van der Waals surface area contributed by atoms with E-state index in [0.29, 0.717) is 24.2 Å². The van der Waals surface area contributed by atoms with Gasteiger partial charge in [-0.15, -0.1) is 0 Å². The minimum atomic E-state index is -0.436. The van der Waals surface area contributed by atoms with Gasteiger partial charge in [-0.25, -0.2) is 0 Å². The van der Waals surface area contributed by atoms with Crippen LogP contribution in [0.15, 0.2) is 53.0 Å². The molecular formula is C18H19BrN2O4. The Bertz CT molecular complexity index is 737. The van der Waals surface area contributed by atoms with Gasteiger partial charge >= 0.3 is 5.97 Å². The van der Waals surface area contributed by atoms with Crippen LogP contribution in [0.25, 0.3) is 0 Å². The van der Waals surface area contributed by atoms with E-state index in [4.69, 9.17) is 4.74 Å². The van der Waals surface area contributed by atoms with E-state index in [1.807, 2.05) is 35.2 Å². The molecule has 0 N–H and O–H groups in total. The summed E-state index contributed by atoms with van der Waals surface area (Å²) < 4.78 is 5.69. The lowest BCUT2D eigenvalue weighted by Gasteiger charge is -2.22. The lowest BCUT2D eigenvalue weighted by Crippen LogP contribution is -2.30. The lowest BCUT2D eigenvalue weighted by atomic mass is 10.1. The van der Waals surface area contributed by atoms with Gasteiger partial charge in [0.15, 0.2) is 0 Å². The van der Waals surface area contributed by atoms with Gasteiger partial charge in [0.05, 0.1) is 18.1 Å². The number of esters is 1. The van der Waals surface area contributed by atoms with Crippen LogP contribution < -0.4 is 0 Å². The number of hydrogen-bond acceptors (Lipinski definition) is 5. The van der Waals surface area contributed by atoms with E-state index in [9.17, 15) is 14.9 Å². The molecule has 0 atom stereocenters. The van der Waals surface area contributed by atoms with Crippen molar-refractivity contribution in [2.24, 2.45) is 0 Å². The predicted molar refractivity (Wildman–Crippen MR) is 98.0 cm³/mol. The first kappa shape index (κ1) is 19.1. The maximum absolute atomic E-state index is 11.9. The summed E-state index contributed by atoms with van der Waals surface area (Å²) in [6, 6.07) is 14.4. The van der Waals surface area contributed by atoms with Crippen LogP contribution in [-0.2, 0) is 22.6 Å². The Labute approximate surface area is 154 Å². The zero-order chi connectivity index (χ0) is 18.2. The van der Waals surface area contributed by atoms with E-state index in [1.165, 1.54) is 12.1 Å². The van der Waals surface area contributed by atoms with Gasteiger partial charge in [-0.05, 0) is 24.1 Å². The number of halogens is 1. The topological polar surface area (TPSA) is 72.7 Å². The van der Waals surface area contributed by atoms with Crippen LogP contribution in [0, 0.1) is 10.1 Å². The number of rotatable bonds is 8. The Balaban J connectivity index is 2.17. The molecule has 0 spiro atoms. The van der Waals surface area contributed by atoms with Crippen molar-refractivity contribution >= 4 is 27.6 Å². The molecule has 132 valence electrons. The predicted octanol–water partition coefficient (Wildman–Crippen LogP) is 3.92. The van der Waals surface area contributed by atoms with Crippen molar-refractivity contribution in [3.05, 3.63) is 74.2 Å². The molecule has 25 heavy (non-hydrogen) atoms. The van der Waals surface area contributed by atoms with E-state index in [2.05, 4.69) is 15.9 Å².